The summed E-state index contributed by atoms with van der Waals surface area (Å²) >= 11 is 12.0. The van der Waals surface area contributed by atoms with Crippen LogP contribution in [0.2, 0.25) is 10.0 Å². The number of carbonyl (C=O) groups excluding carboxylic acids is 1. The molecule has 33 heavy (non-hydrogen) atoms. The number of hydrogen-bond donors (Lipinski definition) is 0. The monoisotopic (exact) mass is 489 g/mol. The molecule has 1 amide bonds. The summed E-state index contributed by atoms with van der Waals surface area (Å²) in [4.78, 5) is 29.1. The van der Waals surface area contributed by atoms with Crippen LogP contribution in [-0.2, 0) is 17.6 Å². The van der Waals surface area contributed by atoms with Crippen molar-refractivity contribution in [3.63, 3.8) is 0 Å². The summed E-state index contributed by atoms with van der Waals surface area (Å²) in [5, 5.41) is 0.868. The van der Waals surface area contributed by atoms with E-state index >= 15 is 0 Å². The molecule has 1 saturated carbocycles. The Kier molecular flexibility index (Phi) is 6.90. The van der Waals surface area contributed by atoms with Crippen molar-refractivity contribution in [2.45, 2.75) is 38.1 Å². The van der Waals surface area contributed by atoms with Crippen LogP contribution in [0.4, 0.5) is 5.95 Å². The van der Waals surface area contributed by atoms with Gasteiger partial charge in [0.2, 0.25) is 5.95 Å². The fourth-order valence-electron chi connectivity index (χ4n) is 4.71. The molecule has 2 fully saturated rings. The number of fused-ring (bicyclic) bond motifs is 1. The van der Waals surface area contributed by atoms with Gasteiger partial charge in [0.15, 0.2) is 6.61 Å². The van der Waals surface area contributed by atoms with Gasteiger partial charge in [-0.15, -0.1) is 0 Å². The van der Waals surface area contributed by atoms with Crippen molar-refractivity contribution >= 4 is 35.1 Å². The summed E-state index contributed by atoms with van der Waals surface area (Å²) in [5.74, 6) is 1.31. The zero-order valence-corrected chi connectivity index (χ0v) is 20.2. The lowest BCUT2D eigenvalue weighted by molar-refractivity contribution is -0.133. The van der Waals surface area contributed by atoms with Crippen LogP contribution in [0.5, 0.6) is 5.75 Å². The minimum absolute atomic E-state index is 0.0312. The van der Waals surface area contributed by atoms with E-state index in [0.717, 1.165) is 62.3 Å². The van der Waals surface area contributed by atoms with Gasteiger partial charge in [0.05, 0.1) is 15.7 Å². The second kappa shape index (κ2) is 10.0. The van der Waals surface area contributed by atoms with Crippen molar-refractivity contribution in [1.82, 2.24) is 19.8 Å². The van der Waals surface area contributed by atoms with Gasteiger partial charge in [-0.25, -0.2) is 9.97 Å². The zero-order chi connectivity index (χ0) is 22.8. The van der Waals surface area contributed by atoms with Crippen LogP contribution in [0.15, 0.2) is 24.4 Å². The summed E-state index contributed by atoms with van der Waals surface area (Å²) in [7, 11) is 0. The molecule has 3 aliphatic rings. The topological polar surface area (TPSA) is 61.8 Å². The van der Waals surface area contributed by atoms with Gasteiger partial charge < -0.3 is 14.5 Å². The maximum Gasteiger partial charge on any atom is 0.260 e. The molecule has 2 aliphatic heterocycles. The molecule has 0 radical (unpaired) electrons. The van der Waals surface area contributed by atoms with Crippen molar-refractivity contribution in [3.8, 4) is 5.75 Å². The van der Waals surface area contributed by atoms with E-state index in [2.05, 4.69) is 14.8 Å². The zero-order valence-electron chi connectivity index (χ0n) is 18.7. The van der Waals surface area contributed by atoms with E-state index in [0.29, 0.717) is 28.9 Å². The number of aromatic nitrogens is 2. The Bertz CT molecular complexity index is 1010. The number of amides is 1. The van der Waals surface area contributed by atoms with E-state index in [4.69, 9.17) is 32.9 Å². The van der Waals surface area contributed by atoms with Gasteiger partial charge in [-0.3, -0.25) is 9.69 Å². The van der Waals surface area contributed by atoms with Gasteiger partial charge in [-0.05, 0) is 37.0 Å². The van der Waals surface area contributed by atoms with Crippen LogP contribution in [0.25, 0.3) is 0 Å². The largest absolute Gasteiger partial charge is 0.484 e. The third-order valence-corrected chi connectivity index (χ3v) is 7.74. The van der Waals surface area contributed by atoms with Crippen molar-refractivity contribution < 1.29 is 9.53 Å². The van der Waals surface area contributed by atoms with Crippen LogP contribution >= 0.6 is 23.2 Å². The number of ether oxygens (including phenoxy) is 1. The molecule has 1 aromatic heterocycles. The Morgan fingerprint density at radius 1 is 1.03 bits per heavy atom. The molecule has 0 unspecified atom stereocenters. The number of rotatable bonds is 5. The quantitative estimate of drug-likeness (QED) is 0.640. The normalized spacial score (nSPS) is 19.6. The number of piperazine rings is 1. The molecule has 3 heterocycles. The van der Waals surface area contributed by atoms with E-state index in [1.807, 2.05) is 11.1 Å². The number of nitrogens with zero attached hydrogens (tertiary/aromatic N) is 5. The van der Waals surface area contributed by atoms with Crippen molar-refractivity contribution in [2.75, 3.05) is 50.8 Å². The van der Waals surface area contributed by atoms with E-state index in [9.17, 15) is 4.79 Å². The average molecular weight is 490 g/mol. The number of carbonyl (C=O) groups is 1. The summed E-state index contributed by atoms with van der Waals surface area (Å²) in [6.45, 7) is 5.37. The summed E-state index contributed by atoms with van der Waals surface area (Å²) in [6, 6.07) is 5.79. The predicted molar refractivity (Wildman–Crippen MR) is 129 cm³/mol. The highest BCUT2D eigenvalue weighted by Crippen LogP contribution is 2.27. The highest BCUT2D eigenvalue weighted by molar-refractivity contribution is 6.42. The maximum absolute atomic E-state index is 12.7. The second-order valence-electron chi connectivity index (χ2n) is 9.00. The minimum atomic E-state index is -0.0471. The Labute approximate surface area is 204 Å². The van der Waals surface area contributed by atoms with Crippen molar-refractivity contribution in [3.05, 3.63) is 45.7 Å². The Balaban J connectivity index is 1.15. The molecule has 0 atom stereocenters. The molecule has 9 heteroatoms. The molecule has 1 aliphatic carbocycles. The van der Waals surface area contributed by atoms with Crippen LogP contribution in [0.3, 0.4) is 0 Å². The third kappa shape index (κ3) is 5.20. The average Bonchev–Trinajstić information content (AvgIpc) is 3.01. The van der Waals surface area contributed by atoms with Gasteiger partial charge in [0.25, 0.3) is 5.91 Å². The van der Waals surface area contributed by atoms with Gasteiger partial charge in [0, 0.05) is 64.0 Å². The SMILES string of the molecule is O=C(COc1ccc(Cl)c(Cl)c1)N1CCc2cnc(N3CCN(C4CCC4)CC3)nc2CC1. The molecule has 0 bridgehead atoms. The minimum Gasteiger partial charge on any atom is -0.484 e. The molecule has 176 valence electrons. The Morgan fingerprint density at radius 3 is 2.55 bits per heavy atom. The van der Waals surface area contributed by atoms with Crippen LogP contribution in [0.1, 0.15) is 30.5 Å². The van der Waals surface area contributed by atoms with Crippen molar-refractivity contribution in [1.29, 1.82) is 0 Å². The number of hydrogen-bond acceptors (Lipinski definition) is 6. The Hall–Kier alpha value is -2.09. The third-order valence-electron chi connectivity index (χ3n) is 7.01. The van der Waals surface area contributed by atoms with Gasteiger partial charge in [-0.1, -0.05) is 29.6 Å². The number of benzene rings is 1. The molecule has 7 nitrogen and oxygen atoms in total. The highest BCUT2D eigenvalue weighted by Gasteiger charge is 2.29. The first-order valence-electron chi connectivity index (χ1n) is 11.8. The lowest BCUT2D eigenvalue weighted by atomic mass is 9.91. The van der Waals surface area contributed by atoms with Gasteiger partial charge in [0.1, 0.15) is 5.75 Å². The molecule has 2 aromatic rings. The molecule has 0 N–H and O–H groups in total. The van der Waals surface area contributed by atoms with Crippen LogP contribution in [0, 0.1) is 0 Å². The highest BCUT2D eigenvalue weighted by atomic mass is 35.5. The van der Waals surface area contributed by atoms with E-state index in [1.165, 1.54) is 19.3 Å². The predicted octanol–water partition coefficient (Wildman–Crippen LogP) is 3.46. The summed E-state index contributed by atoms with van der Waals surface area (Å²) in [6.07, 6.45) is 7.51. The van der Waals surface area contributed by atoms with E-state index in [1.54, 1.807) is 18.2 Å². The first-order valence-corrected chi connectivity index (χ1v) is 12.5. The second-order valence-corrected chi connectivity index (χ2v) is 9.81. The summed E-state index contributed by atoms with van der Waals surface area (Å²) < 4.78 is 5.64. The van der Waals surface area contributed by atoms with Crippen molar-refractivity contribution in [2.24, 2.45) is 0 Å². The first-order chi connectivity index (χ1) is 16.1. The van der Waals surface area contributed by atoms with Crippen LogP contribution in [-0.4, -0.2) is 77.6 Å². The van der Waals surface area contributed by atoms with E-state index < -0.39 is 0 Å². The fourth-order valence-corrected chi connectivity index (χ4v) is 5.00. The Morgan fingerprint density at radius 2 is 1.82 bits per heavy atom. The first kappa shape index (κ1) is 22.7. The van der Waals surface area contributed by atoms with Gasteiger partial charge >= 0.3 is 0 Å². The molecular formula is C24H29Cl2N5O2. The lowest BCUT2D eigenvalue weighted by Crippen LogP contribution is -2.52. The van der Waals surface area contributed by atoms with Gasteiger partial charge in [-0.2, -0.15) is 0 Å². The molecule has 0 spiro atoms. The smallest absolute Gasteiger partial charge is 0.260 e. The molecule has 1 aromatic carbocycles. The summed E-state index contributed by atoms with van der Waals surface area (Å²) in [5.41, 5.74) is 2.19. The maximum atomic E-state index is 12.7. The fraction of sp³-hybridized carbons (Fsp3) is 0.542. The molecule has 1 saturated heterocycles. The van der Waals surface area contributed by atoms with Crippen LogP contribution < -0.4 is 9.64 Å². The number of anilines is 1. The number of halogens is 2. The van der Waals surface area contributed by atoms with E-state index in [-0.39, 0.29) is 12.5 Å². The molecular weight excluding hydrogens is 461 g/mol. The molecule has 5 rings (SSSR count). The lowest BCUT2D eigenvalue weighted by Gasteiger charge is -2.43. The standard InChI is InChI=1S/C24H29Cl2N5O2/c25-20-5-4-19(14-21(20)26)33-16-23(32)30-8-6-17-15-27-24(28-22(17)7-9-30)31-12-10-29(11-13-31)18-2-1-3-18/h4-5,14-15,18H,1-3,6-13,16H2.